The van der Waals surface area contributed by atoms with Crippen LogP contribution in [0.1, 0.15) is 25.5 Å². The molecule has 7 nitrogen and oxygen atoms in total. The van der Waals surface area contributed by atoms with Gasteiger partial charge >= 0.3 is 0 Å². The summed E-state index contributed by atoms with van der Waals surface area (Å²) in [5.41, 5.74) is 12.9. The molecule has 0 spiro atoms. The Kier molecular flexibility index (Phi) is 5.89. The lowest BCUT2D eigenvalue weighted by Crippen LogP contribution is -2.53. The maximum Gasteiger partial charge on any atom is 0.243 e. The summed E-state index contributed by atoms with van der Waals surface area (Å²) in [6.45, 7) is 2.53. The molecule has 0 aromatic carbocycles. The van der Waals surface area contributed by atoms with Gasteiger partial charge < -0.3 is 5.73 Å². The van der Waals surface area contributed by atoms with Crippen LogP contribution in [-0.2, 0) is 10.3 Å². The van der Waals surface area contributed by atoms with Gasteiger partial charge in [-0.25, -0.2) is 4.39 Å². The molecule has 0 aliphatic heterocycles. The van der Waals surface area contributed by atoms with Gasteiger partial charge in [0.25, 0.3) is 0 Å². The van der Waals surface area contributed by atoms with Crippen molar-refractivity contribution in [1.29, 1.82) is 0 Å². The van der Waals surface area contributed by atoms with Crippen molar-refractivity contribution in [3.05, 3.63) is 40.3 Å². The number of hydrogen-bond acceptors (Lipinski definition) is 4. The number of aromatic nitrogens is 1. The Morgan fingerprint density at radius 2 is 2.40 bits per heavy atom. The van der Waals surface area contributed by atoms with Gasteiger partial charge in [-0.05, 0) is 37.1 Å². The summed E-state index contributed by atoms with van der Waals surface area (Å²) in [7, 11) is 0. The van der Waals surface area contributed by atoms with Crippen molar-refractivity contribution in [2.75, 3.05) is 13.1 Å². The molecule has 0 fully saturated rings. The zero-order valence-electron chi connectivity index (χ0n) is 11.2. The Bertz CT molecular complexity index is 499. The van der Waals surface area contributed by atoms with Crippen LogP contribution in [0.5, 0.6) is 0 Å². The first-order valence-corrected chi connectivity index (χ1v) is 6.24. The quantitative estimate of drug-likeness (QED) is 0.326. The summed E-state index contributed by atoms with van der Waals surface area (Å²) in [6, 6.07) is 2.67. The van der Waals surface area contributed by atoms with E-state index in [1.54, 1.807) is 6.92 Å². The third kappa shape index (κ3) is 3.66. The molecule has 1 amide bonds. The molecule has 1 rings (SSSR count). The topological polar surface area (TPSA) is 117 Å². The number of halogens is 1. The fraction of sp³-hybridized carbons (Fsp3) is 0.500. The molecule has 1 atom stereocenters. The van der Waals surface area contributed by atoms with Crippen LogP contribution >= 0.6 is 0 Å². The number of nitrogens with zero attached hydrogens (tertiary/aromatic N) is 4. The normalized spacial score (nSPS) is 13.3. The Labute approximate surface area is 116 Å². The number of nitrogens with two attached hydrogens (primary N) is 1. The molecular weight excluding hydrogens is 263 g/mol. The Hall–Kier alpha value is -2.18. The number of hydrogen-bond donors (Lipinski definition) is 2. The highest BCUT2D eigenvalue weighted by molar-refractivity contribution is 5.85. The number of amides is 1. The molecule has 1 unspecified atom stereocenters. The van der Waals surface area contributed by atoms with Gasteiger partial charge in [-0.3, -0.25) is 15.1 Å². The zero-order chi connectivity index (χ0) is 15.0. The van der Waals surface area contributed by atoms with Crippen LogP contribution < -0.4 is 11.1 Å². The van der Waals surface area contributed by atoms with Crippen molar-refractivity contribution in [2.45, 2.75) is 25.3 Å². The van der Waals surface area contributed by atoms with Crippen molar-refractivity contribution in [3.8, 4) is 0 Å². The number of azide groups is 1. The van der Waals surface area contributed by atoms with Crippen LogP contribution in [0.3, 0.4) is 0 Å². The minimum atomic E-state index is -1.15. The van der Waals surface area contributed by atoms with Crippen LogP contribution in [0.15, 0.2) is 23.4 Å². The first kappa shape index (κ1) is 15.9. The van der Waals surface area contributed by atoms with Gasteiger partial charge in [0.15, 0.2) is 0 Å². The van der Waals surface area contributed by atoms with E-state index in [2.05, 4.69) is 20.3 Å². The number of pyridine rings is 1. The average molecular weight is 280 g/mol. The number of carbonyl (C=O) groups is 1. The summed E-state index contributed by atoms with van der Waals surface area (Å²) in [5.74, 6) is -1.06. The van der Waals surface area contributed by atoms with Crippen LogP contribution in [0.4, 0.5) is 4.39 Å². The first-order chi connectivity index (χ1) is 9.56. The molecule has 1 aromatic heterocycles. The standard InChI is InChI=1S/C12H17FN6O/c1-2-12(11(14)20,17-6-3-7-18-19-15)10-5-4-9(13)8-16-10/h4-5,8,17H,2-3,6-7H2,1H3,(H2,14,20). The summed E-state index contributed by atoms with van der Waals surface area (Å²) < 4.78 is 12.9. The largest absolute Gasteiger partial charge is 0.368 e. The average Bonchev–Trinajstić information content (AvgIpc) is 2.44. The molecule has 0 aliphatic carbocycles. The fourth-order valence-corrected chi connectivity index (χ4v) is 1.91. The van der Waals surface area contributed by atoms with Gasteiger partial charge in [0.1, 0.15) is 11.4 Å². The third-order valence-corrected chi connectivity index (χ3v) is 3.04. The highest BCUT2D eigenvalue weighted by Gasteiger charge is 2.37. The van der Waals surface area contributed by atoms with Gasteiger partial charge in [-0.15, -0.1) is 0 Å². The van der Waals surface area contributed by atoms with Gasteiger partial charge in [-0.2, -0.15) is 0 Å². The minimum absolute atomic E-state index is 0.318. The Morgan fingerprint density at radius 1 is 1.65 bits per heavy atom. The Morgan fingerprint density at radius 3 is 2.90 bits per heavy atom. The van der Waals surface area contributed by atoms with E-state index in [9.17, 15) is 9.18 Å². The number of primary amides is 1. The van der Waals surface area contributed by atoms with Crippen molar-refractivity contribution >= 4 is 5.91 Å². The smallest absolute Gasteiger partial charge is 0.243 e. The third-order valence-electron chi connectivity index (χ3n) is 3.04. The van der Waals surface area contributed by atoms with Gasteiger partial charge in [0.2, 0.25) is 5.91 Å². The van der Waals surface area contributed by atoms with E-state index in [1.807, 2.05) is 0 Å². The maximum atomic E-state index is 12.9. The second-order valence-electron chi connectivity index (χ2n) is 4.22. The van der Waals surface area contributed by atoms with E-state index in [-0.39, 0.29) is 0 Å². The zero-order valence-corrected chi connectivity index (χ0v) is 11.2. The predicted molar refractivity (Wildman–Crippen MR) is 72.0 cm³/mol. The lowest BCUT2D eigenvalue weighted by Gasteiger charge is -2.30. The van der Waals surface area contributed by atoms with Gasteiger partial charge in [0, 0.05) is 11.5 Å². The molecule has 8 heteroatoms. The lowest BCUT2D eigenvalue weighted by molar-refractivity contribution is -0.125. The van der Waals surface area contributed by atoms with E-state index >= 15 is 0 Å². The first-order valence-electron chi connectivity index (χ1n) is 6.24. The van der Waals surface area contributed by atoms with Crippen molar-refractivity contribution < 1.29 is 9.18 Å². The molecule has 0 aliphatic rings. The van der Waals surface area contributed by atoms with E-state index < -0.39 is 17.3 Å². The molecule has 0 saturated carbocycles. The van der Waals surface area contributed by atoms with Crippen molar-refractivity contribution in [1.82, 2.24) is 10.3 Å². The highest BCUT2D eigenvalue weighted by atomic mass is 19.1. The van der Waals surface area contributed by atoms with Crippen LogP contribution in [0, 0.1) is 5.82 Å². The maximum absolute atomic E-state index is 12.9. The van der Waals surface area contributed by atoms with Gasteiger partial charge in [-0.1, -0.05) is 12.0 Å². The molecular formula is C12H17FN6O. The molecule has 108 valence electrons. The van der Waals surface area contributed by atoms with Crippen LogP contribution in [0.2, 0.25) is 0 Å². The summed E-state index contributed by atoms with van der Waals surface area (Å²) in [6.07, 6.45) is 1.98. The fourth-order valence-electron chi connectivity index (χ4n) is 1.91. The van der Waals surface area contributed by atoms with Gasteiger partial charge in [0.05, 0.1) is 11.9 Å². The van der Waals surface area contributed by atoms with Crippen LogP contribution in [0.25, 0.3) is 10.4 Å². The number of nitrogens with one attached hydrogen (secondary N) is 1. The SMILES string of the molecule is CCC(NCCCN=[N+]=[N-])(C(N)=O)c1ccc(F)cn1. The molecule has 1 aromatic rings. The summed E-state index contributed by atoms with van der Waals surface area (Å²) in [4.78, 5) is 18.4. The van der Waals surface area contributed by atoms with E-state index in [0.717, 1.165) is 6.20 Å². The second-order valence-corrected chi connectivity index (χ2v) is 4.22. The van der Waals surface area contributed by atoms with Crippen LogP contribution in [-0.4, -0.2) is 24.0 Å². The van der Waals surface area contributed by atoms with E-state index in [1.165, 1.54) is 12.1 Å². The lowest BCUT2D eigenvalue weighted by atomic mass is 9.90. The summed E-state index contributed by atoms with van der Waals surface area (Å²) in [5, 5.41) is 6.44. The highest BCUT2D eigenvalue weighted by Crippen LogP contribution is 2.23. The molecule has 0 radical (unpaired) electrons. The van der Waals surface area contributed by atoms with E-state index in [0.29, 0.717) is 31.6 Å². The number of carbonyl (C=O) groups excluding carboxylic acids is 1. The molecule has 0 bridgehead atoms. The van der Waals surface area contributed by atoms with Crippen molar-refractivity contribution in [3.63, 3.8) is 0 Å². The second kappa shape index (κ2) is 7.42. The Balaban J connectivity index is 2.88. The molecule has 0 saturated heterocycles. The van der Waals surface area contributed by atoms with E-state index in [4.69, 9.17) is 11.3 Å². The molecule has 20 heavy (non-hydrogen) atoms. The van der Waals surface area contributed by atoms with Crippen molar-refractivity contribution in [2.24, 2.45) is 10.8 Å². The summed E-state index contributed by atoms with van der Waals surface area (Å²) >= 11 is 0. The number of rotatable bonds is 8. The minimum Gasteiger partial charge on any atom is -0.368 e. The monoisotopic (exact) mass is 280 g/mol. The molecule has 3 N–H and O–H groups in total. The molecule has 1 heterocycles. The predicted octanol–water partition coefficient (Wildman–Crippen LogP) is 1.60.